The Hall–Kier alpha value is -3.26. The smallest absolute Gasteiger partial charge is 0.176 e. The molecule has 1 aliphatic rings. The lowest BCUT2D eigenvalue weighted by molar-refractivity contribution is 0.203. The van der Waals surface area contributed by atoms with Crippen LogP contribution < -0.4 is 0 Å². The van der Waals surface area contributed by atoms with E-state index in [-0.39, 0.29) is 16.5 Å². The summed E-state index contributed by atoms with van der Waals surface area (Å²) in [6.07, 6.45) is 5.10. The fourth-order valence-corrected chi connectivity index (χ4v) is 6.21. The van der Waals surface area contributed by atoms with Crippen LogP contribution in [-0.4, -0.2) is 37.2 Å². The number of halogens is 3. The number of hydrogen-bond acceptors (Lipinski definition) is 3. The predicted octanol–water partition coefficient (Wildman–Crippen LogP) is 6.33. The molecule has 0 bridgehead atoms. The monoisotopic (exact) mass is 538 g/mol. The zero-order valence-electron chi connectivity index (χ0n) is 20.1. The number of rotatable bonds is 7. The van der Waals surface area contributed by atoms with Gasteiger partial charge in [-0.1, -0.05) is 48.0 Å². The molecule has 2 heterocycles. The molecule has 1 unspecified atom stereocenters. The molecule has 8 heteroatoms. The molecule has 3 aromatic carbocycles. The Morgan fingerprint density at radius 2 is 1.43 bits per heavy atom. The lowest BCUT2D eigenvalue weighted by Crippen LogP contribution is -2.44. The van der Waals surface area contributed by atoms with Crippen LogP contribution in [0.3, 0.4) is 0 Å². The van der Waals surface area contributed by atoms with Gasteiger partial charge in [-0.05, 0) is 64.2 Å². The highest BCUT2D eigenvalue weighted by Gasteiger charge is 2.35. The highest BCUT2D eigenvalue weighted by Crippen LogP contribution is 2.38. The summed E-state index contributed by atoms with van der Waals surface area (Å²) in [7, 11) is -3.73. The summed E-state index contributed by atoms with van der Waals surface area (Å²) >= 11 is 6.14. The highest BCUT2D eigenvalue weighted by atomic mass is 35.5. The van der Waals surface area contributed by atoms with Gasteiger partial charge in [0.1, 0.15) is 11.6 Å². The van der Waals surface area contributed by atoms with Crippen molar-refractivity contribution < 1.29 is 17.2 Å². The molecule has 0 aliphatic carbocycles. The third-order valence-electron chi connectivity index (χ3n) is 6.48. The minimum Gasteiger partial charge on any atom is -0.350 e. The van der Waals surface area contributed by atoms with Crippen molar-refractivity contribution in [1.29, 1.82) is 0 Å². The average molecular weight is 539 g/mol. The lowest BCUT2D eigenvalue weighted by atomic mass is 9.91. The van der Waals surface area contributed by atoms with Crippen LogP contribution in [0, 0.1) is 11.6 Å². The van der Waals surface area contributed by atoms with E-state index in [1.54, 1.807) is 0 Å². The van der Waals surface area contributed by atoms with E-state index in [9.17, 15) is 17.2 Å². The maximum absolute atomic E-state index is 13.9. The molecule has 0 amide bonds. The summed E-state index contributed by atoms with van der Waals surface area (Å²) in [6.45, 7) is 1.45. The summed E-state index contributed by atoms with van der Waals surface area (Å²) in [5.74, 6) is -1.63. The SMILES string of the molecule is CS(=O)(=O)C(=C1CN(C(c2ccc(Cl)cc2)c2ccc(Cn3cccc3)cc2)C1)c1cc(F)cc(F)c1. The molecule has 1 atom stereocenters. The molecule has 0 saturated carbocycles. The van der Waals surface area contributed by atoms with Gasteiger partial charge < -0.3 is 4.57 Å². The number of nitrogens with zero attached hydrogens (tertiary/aromatic N) is 2. The minimum atomic E-state index is -3.73. The molecule has 1 aromatic heterocycles. The van der Waals surface area contributed by atoms with E-state index in [1.807, 2.05) is 48.8 Å². The van der Waals surface area contributed by atoms with Crippen LogP contribution in [0.4, 0.5) is 8.78 Å². The van der Waals surface area contributed by atoms with Crippen molar-refractivity contribution in [3.63, 3.8) is 0 Å². The zero-order valence-corrected chi connectivity index (χ0v) is 21.7. The summed E-state index contributed by atoms with van der Waals surface area (Å²) in [5.41, 5.74) is 3.88. The molecule has 4 aromatic rings. The van der Waals surface area contributed by atoms with Gasteiger partial charge in [-0.25, -0.2) is 17.2 Å². The molecule has 4 nitrogen and oxygen atoms in total. The Balaban J connectivity index is 1.48. The fraction of sp³-hybridized carbons (Fsp3) is 0.172. The normalized spacial score (nSPS) is 14.9. The van der Waals surface area contributed by atoms with Crippen LogP contribution in [-0.2, 0) is 16.4 Å². The van der Waals surface area contributed by atoms with Crippen molar-refractivity contribution in [2.45, 2.75) is 12.6 Å². The summed E-state index contributed by atoms with van der Waals surface area (Å²) < 4.78 is 55.3. The van der Waals surface area contributed by atoms with Crippen molar-refractivity contribution in [2.75, 3.05) is 19.3 Å². The van der Waals surface area contributed by atoms with E-state index < -0.39 is 21.5 Å². The summed E-state index contributed by atoms with van der Waals surface area (Å²) in [5, 5.41) is 0.626. The second-order valence-electron chi connectivity index (χ2n) is 9.32. The molecular formula is C29H25ClF2N2O2S. The van der Waals surface area contributed by atoms with Crippen LogP contribution in [0.5, 0.6) is 0 Å². The number of aromatic nitrogens is 1. The number of sulfone groups is 1. The van der Waals surface area contributed by atoms with Gasteiger partial charge in [0.2, 0.25) is 0 Å². The van der Waals surface area contributed by atoms with Crippen molar-refractivity contribution in [3.05, 3.63) is 136 Å². The third kappa shape index (κ3) is 5.69. The van der Waals surface area contributed by atoms with E-state index in [2.05, 4.69) is 33.7 Å². The van der Waals surface area contributed by atoms with Crippen LogP contribution >= 0.6 is 11.6 Å². The van der Waals surface area contributed by atoms with Gasteiger partial charge in [0.05, 0.1) is 10.9 Å². The van der Waals surface area contributed by atoms with Gasteiger partial charge in [0.15, 0.2) is 9.84 Å². The van der Waals surface area contributed by atoms with E-state index in [0.717, 1.165) is 47.7 Å². The third-order valence-corrected chi connectivity index (χ3v) is 8.00. The first-order valence-corrected chi connectivity index (χ1v) is 14.0. The molecule has 1 fully saturated rings. The van der Waals surface area contributed by atoms with Gasteiger partial charge in [-0.3, -0.25) is 4.90 Å². The molecule has 0 N–H and O–H groups in total. The molecule has 0 radical (unpaired) electrons. The van der Waals surface area contributed by atoms with E-state index in [0.29, 0.717) is 23.7 Å². The highest BCUT2D eigenvalue weighted by molar-refractivity contribution is 8.00. The van der Waals surface area contributed by atoms with E-state index in [1.165, 1.54) is 0 Å². The second kappa shape index (κ2) is 10.2. The molecule has 0 spiro atoms. The van der Waals surface area contributed by atoms with E-state index in [4.69, 9.17) is 11.6 Å². The lowest BCUT2D eigenvalue weighted by Gasteiger charge is -2.42. The van der Waals surface area contributed by atoms with Crippen molar-refractivity contribution in [3.8, 4) is 0 Å². The first kappa shape index (κ1) is 25.4. The van der Waals surface area contributed by atoms with Crippen LogP contribution in [0.15, 0.2) is 96.8 Å². The van der Waals surface area contributed by atoms with Gasteiger partial charge in [0.25, 0.3) is 0 Å². The van der Waals surface area contributed by atoms with Gasteiger partial charge in [0, 0.05) is 49.4 Å². The van der Waals surface area contributed by atoms with Crippen molar-refractivity contribution in [1.82, 2.24) is 9.47 Å². The largest absolute Gasteiger partial charge is 0.350 e. The average Bonchev–Trinajstić information content (AvgIpc) is 3.31. The summed E-state index contributed by atoms with van der Waals surface area (Å²) in [4.78, 5) is 2.12. The first-order chi connectivity index (χ1) is 17.7. The Labute approximate surface area is 220 Å². The minimum absolute atomic E-state index is 0.0147. The predicted molar refractivity (Wildman–Crippen MR) is 143 cm³/mol. The molecule has 37 heavy (non-hydrogen) atoms. The first-order valence-electron chi connectivity index (χ1n) is 11.7. The standard InChI is InChI=1S/C29H25ClF2N2O2S/c1-37(35,36)29(23-14-26(31)16-27(32)15-23)24-18-34(19-24)28(22-8-10-25(30)11-9-22)21-6-4-20(5-7-21)17-33-12-2-3-13-33/h2-16,28H,17-19H2,1H3. The maximum atomic E-state index is 13.9. The maximum Gasteiger partial charge on any atom is 0.176 e. The van der Waals surface area contributed by atoms with E-state index >= 15 is 0 Å². The molecule has 5 rings (SSSR count). The Kier molecular flexibility index (Phi) is 7.03. The van der Waals surface area contributed by atoms with Gasteiger partial charge in [-0.2, -0.15) is 0 Å². The Bertz CT molecular complexity index is 1520. The van der Waals surface area contributed by atoms with Crippen LogP contribution in [0.1, 0.15) is 28.3 Å². The van der Waals surface area contributed by atoms with Crippen molar-refractivity contribution in [2.24, 2.45) is 0 Å². The molecule has 1 saturated heterocycles. The molecule has 190 valence electrons. The Morgan fingerprint density at radius 3 is 1.97 bits per heavy atom. The topological polar surface area (TPSA) is 42.3 Å². The fourth-order valence-electron chi connectivity index (χ4n) is 4.89. The van der Waals surface area contributed by atoms with Crippen LogP contribution in [0.25, 0.3) is 4.91 Å². The molecule has 1 aliphatic heterocycles. The van der Waals surface area contributed by atoms with Gasteiger partial charge >= 0.3 is 0 Å². The quantitative estimate of drug-likeness (QED) is 0.276. The van der Waals surface area contributed by atoms with Crippen LogP contribution in [0.2, 0.25) is 5.02 Å². The number of likely N-dealkylation sites (tertiary alicyclic amines) is 1. The van der Waals surface area contributed by atoms with Gasteiger partial charge in [-0.15, -0.1) is 0 Å². The molecular weight excluding hydrogens is 514 g/mol. The van der Waals surface area contributed by atoms with Crippen molar-refractivity contribution >= 4 is 26.3 Å². The second-order valence-corrected chi connectivity index (χ2v) is 11.7. The zero-order chi connectivity index (χ0) is 26.2. The number of benzene rings is 3. The summed E-state index contributed by atoms with van der Waals surface area (Å²) in [6, 6.07) is 22.6. The Morgan fingerprint density at radius 1 is 0.892 bits per heavy atom. The number of hydrogen-bond donors (Lipinski definition) is 0.